The van der Waals surface area contributed by atoms with Gasteiger partial charge < -0.3 is 15.5 Å². The van der Waals surface area contributed by atoms with Crippen LogP contribution in [-0.4, -0.2) is 38.4 Å². The summed E-state index contributed by atoms with van der Waals surface area (Å²) in [7, 11) is 0. The van der Waals surface area contributed by atoms with Crippen LogP contribution in [0.15, 0.2) is 65.9 Å². The van der Waals surface area contributed by atoms with Gasteiger partial charge in [-0.2, -0.15) is 5.10 Å². The van der Waals surface area contributed by atoms with Crippen molar-refractivity contribution >= 4 is 33.1 Å². The Morgan fingerprint density at radius 1 is 1.06 bits per heavy atom. The van der Waals surface area contributed by atoms with Crippen molar-refractivity contribution in [3.05, 3.63) is 77.0 Å². The Balaban J connectivity index is 1.70. The molecule has 8 heteroatoms. The summed E-state index contributed by atoms with van der Waals surface area (Å²) in [6, 6.07) is 11.6. The van der Waals surface area contributed by atoms with Crippen LogP contribution in [0.2, 0.25) is 0 Å². The summed E-state index contributed by atoms with van der Waals surface area (Å²) in [6.45, 7) is 1.14. The van der Waals surface area contributed by atoms with E-state index in [0.29, 0.717) is 35.6 Å². The number of nitrogen functional groups attached to an aromatic ring is 1. The molecule has 4 N–H and O–H groups in total. The van der Waals surface area contributed by atoms with Crippen LogP contribution in [0.25, 0.3) is 49.9 Å². The molecule has 0 aliphatic carbocycles. The number of nitrogens with one attached hydrogen (secondary N) is 2. The maximum atomic E-state index is 13.4. The summed E-state index contributed by atoms with van der Waals surface area (Å²) in [5.41, 5.74) is 12.7. The molecule has 0 saturated carbocycles. The first-order valence-corrected chi connectivity index (χ1v) is 10.7. The third kappa shape index (κ3) is 3.19. The Labute approximate surface area is 188 Å². The molecule has 162 valence electrons. The third-order valence-electron chi connectivity index (χ3n) is 6.06. The minimum Gasteiger partial charge on any atom is -0.398 e. The molecule has 3 aromatic heterocycles. The molecule has 0 unspecified atom stereocenters. The fourth-order valence-corrected chi connectivity index (χ4v) is 4.43. The molecule has 0 amide bonds. The molecule has 33 heavy (non-hydrogen) atoms. The largest absolute Gasteiger partial charge is 0.398 e. The highest BCUT2D eigenvalue weighted by atomic mass is 16.5. The van der Waals surface area contributed by atoms with E-state index < -0.39 is 0 Å². The predicted molar refractivity (Wildman–Crippen MR) is 129 cm³/mol. The fourth-order valence-electron chi connectivity index (χ4n) is 4.43. The van der Waals surface area contributed by atoms with Gasteiger partial charge in [0.05, 0.1) is 41.5 Å². The molecule has 0 saturated heterocycles. The molecule has 0 radical (unpaired) electrons. The van der Waals surface area contributed by atoms with E-state index in [0.717, 1.165) is 45.2 Å². The molecular weight excluding hydrogens is 416 g/mol. The lowest BCUT2D eigenvalue weighted by Crippen LogP contribution is -2.14. The predicted octanol–water partition coefficient (Wildman–Crippen LogP) is 3.91. The van der Waals surface area contributed by atoms with E-state index in [2.05, 4.69) is 20.2 Å². The number of hydrogen-bond donors (Lipinski definition) is 3. The van der Waals surface area contributed by atoms with Crippen molar-refractivity contribution in [2.45, 2.75) is 6.42 Å². The zero-order chi connectivity index (χ0) is 22.4. The van der Waals surface area contributed by atoms with E-state index in [1.54, 1.807) is 18.6 Å². The second-order valence-corrected chi connectivity index (χ2v) is 7.95. The number of hydrogen-bond acceptors (Lipinski definition) is 6. The Morgan fingerprint density at radius 2 is 1.94 bits per heavy atom. The number of anilines is 1. The van der Waals surface area contributed by atoms with E-state index in [1.807, 2.05) is 42.5 Å². The van der Waals surface area contributed by atoms with Crippen molar-refractivity contribution in [2.24, 2.45) is 0 Å². The monoisotopic (exact) mass is 436 g/mol. The summed E-state index contributed by atoms with van der Waals surface area (Å²) < 4.78 is 5.53. The van der Waals surface area contributed by atoms with E-state index in [-0.39, 0.29) is 5.56 Å². The van der Waals surface area contributed by atoms with E-state index >= 15 is 0 Å². The lowest BCUT2D eigenvalue weighted by Gasteiger charge is -2.19. The first kappa shape index (κ1) is 19.4. The number of nitrogens with two attached hydrogens (primary N) is 1. The van der Waals surface area contributed by atoms with Crippen molar-refractivity contribution in [3.63, 3.8) is 0 Å². The SMILES string of the molecule is Nc1c(-c2cccc3[nH]ncc23)cc(C2=CCOCC2)c2nc(-c3ccncc3)[nH]c(=O)c12. The Morgan fingerprint density at radius 3 is 2.76 bits per heavy atom. The highest BCUT2D eigenvalue weighted by Crippen LogP contribution is 2.39. The Kier molecular flexibility index (Phi) is 4.51. The van der Waals surface area contributed by atoms with Gasteiger partial charge in [0.15, 0.2) is 0 Å². The lowest BCUT2D eigenvalue weighted by molar-refractivity contribution is 0.161. The average molecular weight is 436 g/mol. The van der Waals surface area contributed by atoms with Crippen LogP contribution in [0.5, 0.6) is 0 Å². The molecule has 1 aliphatic heterocycles. The van der Waals surface area contributed by atoms with E-state index in [9.17, 15) is 4.79 Å². The molecule has 4 heterocycles. The molecule has 8 nitrogen and oxygen atoms in total. The van der Waals surface area contributed by atoms with E-state index in [1.165, 1.54) is 0 Å². The Hall–Kier alpha value is -4.30. The molecule has 0 spiro atoms. The van der Waals surface area contributed by atoms with Gasteiger partial charge in [-0.15, -0.1) is 0 Å². The minimum absolute atomic E-state index is 0.278. The summed E-state index contributed by atoms with van der Waals surface area (Å²) in [4.78, 5) is 25.2. The van der Waals surface area contributed by atoms with Crippen LogP contribution in [0.4, 0.5) is 5.69 Å². The van der Waals surface area contributed by atoms with Crippen molar-refractivity contribution in [1.82, 2.24) is 25.1 Å². The standard InChI is InChI=1S/C25H20N6O2/c26-22-18(16-2-1-3-20-19(16)13-28-31-20)12-17(14-6-10-33-11-7-14)23-21(22)25(32)30-24(29-23)15-4-8-27-9-5-15/h1-6,8-9,12-13H,7,10-11,26H2,(H,28,31)(H,29,30,32). The molecule has 5 aromatic rings. The van der Waals surface area contributed by atoms with Crippen LogP contribution in [-0.2, 0) is 4.74 Å². The maximum absolute atomic E-state index is 13.4. The van der Waals surface area contributed by atoms with Crippen molar-refractivity contribution in [3.8, 4) is 22.5 Å². The first-order valence-electron chi connectivity index (χ1n) is 10.7. The van der Waals surface area contributed by atoms with Crippen molar-refractivity contribution < 1.29 is 4.74 Å². The van der Waals surface area contributed by atoms with Gasteiger partial charge in [0, 0.05) is 34.5 Å². The van der Waals surface area contributed by atoms with Gasteiger partial charge in [0.1, 0.15) is 5.82 Å². The lowest BCUT2D eigenvalue weighted by atomic mass is 9.91. The number of benzene rings is 2. The van der Waals surface area contributed by atoms with Crippen molar-refractivity contribution in [2.75, 3.05) is 18.9 Å². The molecule has 0 fully saturated rings. The number of nitrogens with zero attached hydrogens (tertiary/aromatic N) is 3. The molecule has 2 aromatic carbocycles. The van der Waals surface area contributed by atoms with Gasteiger partial charge in [-0.3, -0.25) is 14.9 Å². The van der Waals surface area contributed by atoms with Gasteiger partial charge in [-0.25, -0.2) is 4.98 Å². The molecule has 6 rings (SSSR count). The number of fused-ring (bicyclic) bond motifs is 2. The summed E-state index contributed by atoms with van der Waals surface area (Å²) >= 11 is 0. The average Bonchev–Trinajstić information content (AvgIpc) is 3.34. The quantitative estimate of drug-likeness (QED) is 0.369. The zero-order valence-electron chi connectivity index (χ0n) is 17.6. The maximum Gasteiger partial charge on any atom is 0.261 e. The van der Waals surface area contributed by atoms with Gasteiger partial charge in [0.25, 0.3) is 5.56 Å². The number of aromatic amines is 2. The number of aromatic nitrogens is 5. The molecule has 1 aliphatic rings. The summed E-state index contributed by atoms with van der Waals surface area (Å²) in [5.74, 6) is 0.480. The van der Waals surface area contributed by atoms with Crippen molar-refractivity contribution in [1.29, 1.82) is 0 Å². The smallest absolute Gasteiger partial charge is 0.261 e. The second-order valence-electron chi connectivity index (χ2n) is 7.95. The second kappa shape index (κ2) is 7.68. The van der Waals surface area contributed by atoms with Crippen LogP contribution >= 0.6 is 0 Å². The fraction of sp³-hybridized carbons (Fsp3) is 0.120. The minimum atomic E-state index is -0.278. The number of pyridine rings is 1. The number of ether oxygens (including phenoxy) is 1. The highest BCUT2D eigenvalue weighted by Gasteiger charge is 2.21. The summed E-state index contributed by atoms with van der Waals surface area (Å²) in [6.07, 6.45) is 7.89. The third-order valence-corrected chi connectivity index (χ3v) is 6.06. The van der Waals surface area contributed by atoms with Crippen LogP contribution < -0.4 is 11.3 Å². The Bertz CT molecular complexity index is 1600. The zero-order valence-corrected chi connectivity index (χ0v) is 17.6. The normalized spacial score (nSPS) is 14.0. The first-order chi connectivity index (χ1) is 16.2. The topological polar surface area (TPSA) is 123 Å². The highest BCUT2D eigenvalue weighted by molar-refractivity contribution is 6.08. The van der Waals surface area contributed by atoms with Crippen LogP contribution in [0.1, 0.15) is 12.0 Å². The van der Waals surface area contributed by atoms with Gasteiger partial charge in [-0.1, -0.05) is 18.2 Å². The summed E-state index contributed by atoms with van der Waals surface area (Å²) in [5, 5.41) is 8.49. The number of H-pyrrole nitrogens is 2. The molecule has 0 bridgehead atoms. The van der Waals surface area contributed by atoms with Crippen LogP contribution in [0, 0.1) is 0 Å². The number of rotatable bonds is 3. The van der Waals surface area contributed by atoms with Crippen LogP contribution in [0.3, 0.4) is 0 Å². The molecular formula is C25H20N6O2. The van der Waals surface area contributed by atoms with E-state index in [4.69, 9.17) is 15.5 Å². The molecule has 0 atom stereocenters. The van der Waals surface area contributed by atoms with Gasteiger partial charge in [0.2, 0.25) is 0 Å². The van der Waals surface area contributed by atoms with Gasteiger partial charge >= 0.3 is 0 Å². The van der Waals surface area contributed by atoms with Gasteiger partial charge in [-0.05, 0) is 41.8 Å².